The van der Waals surface area contributed by atoms with Crippen LogP contribution < -0.4 is 0 Å². The summed E-state index contributed by atoms with van der Waals surface area (Å²) in [6.07, 6.45) is 3.87. The van der Waals surface area contributed by atoms with Gasteiger partial charge in [0.15, 0.2) is 0 Å². The van der Waals surface area contributed by atoms with Gasteiger partial charge in [-0.2, -0.15) is 0 Å². The van der Waals surface area contributed by atoms with Crippen LogP contribution in [-0.4, -0.2) is 27.0 Å². The van der Waals surface area contributed by atoms with Gasteiger partial charge in [-0.1, -0.05) is 0 Å². The molecule has 4 heteroatoms. The van der Waals surface area contributed by atoms with E-state index < -0.39 is 0 Å². The number of hydrogen-bond acceptors (Lipinski definition) is 0. The summed E-state index contributed by atoms with van der Waals surface area (Å²) in [6, 6.07) is 0. The average molecular weight is 167 g/mol. The maximum atomic E-state index is 2.28. The molecule has 1 atom stereocenters. The predicted molar refractivity (Wildman–Crippen MR) is 64.5 cm³/mol. The van der Waals surface area contributed by atoms with Gasteiger partial charge in [0.25, 0.3) is 0 Å². The second-order valence-electron chi connectivity index (χ2n) is 3.75. The molecule has 0 saturated heterocycles. The van der Waals surface area contributed by atoms with E-state index in [4.69, 9.17) is 0 Å². The van der Waals surface area contributed by atoms with Gasteiger partial charge in [-0.25, -0.2) is 0 Å². The van der Waals surface area contributed by atoms with Crippen LogP contribution in [0.1, 0.15) is 49.9 Å². The van der Waals surface area contributed by atoms with Gasteiger partial charge in [-0.3, -0.25) is 0 Å². The van der Waals surface area contributed by atoms with E-state index in [0.717, 1.165) is 5.92 Å². The van der Waals surface area contributed by atoms with Gasteiger partial charge in [-0.15, -0.1) is 0 Å². The molecule has 0 aliphatic carbocycles. The monoisotopic (exact) mass is 168 g/mol. The van der Waals surface area contributed by atoms with Gasteiger partial charge in [-0.05, 0) is 0 Å². The summed E-state index contributed by atoms with van der Waals surface area (Å²) < 4.78 is 0. The Morgan fingerprint density at radius 1 is 1.15 bits per heavy atom. The van der Waals surface area contributed by atoms with Gasteiger partial charge >= 0.3 is 83.8 Å². The fourth-order valence-corrected chi connectivity index (χ4v) is 1.97. The molecular formula is C9H16B4. The van der Waals surface area contributed by atoms with Crippen LogP contribution in [0.4, 0.5) is 0 Å². The fraction of sp³-hybridized carbons (Fsp3) is 0.778. The predicted octanol–water partition coefficient (Wildman–Crippen LogP) is 1.64. The maximum absolute atomic E-state index is 2.28. The van der Waals surface area contributed by atoms with E-state index in [2.05, 4.69) is 47.7 Å². The van der Waals surface area contributed by atoms with Crippen molar-refractivity contribution in [3.05, 3.63) is 10.9 Å². The van der Waals surface area contributed by atoms with E-state index in [1.807, 2.05) is 0 Å². The SMILES string of the molecule is CCCC(CC)c1bbbbc1C. The van der Waals surface area contributed by atoms with Crippen molar-refractivity contribution in [3.63, 3.8) is 0 Å². The molecule has 0 aliphatic heterocycles. The topological polar surface area (TPSA) is 0 Å². The summed E-state index contributed by atoms with van der Waals surface area (Å²) in [4.78, 5) is 0. The minimum atomic E-state index is 0.770. The molecule has 0 fully saturated rings. The first-order chi connectivity index (χ1) is 6.29. The number of rotatable bonds is 4. The molecule has 13 heavy (non-hydrogen) atoms. The van der Waals surface area contributed by atoms with Gasteiger partial charge in [0.1, 0.15) is 0 Å². The molecule has 0 nitrogen and oxygen atoms in total. The van der Waals surface area contributed by atoms with Gasteiger partial charge in [0, 0.05) is 0 Å². The molecule has 0 saturated carbocycles. The van der Waals surface area contributed by atoms with Crippen LogP contribution >= 0.6 is 0 Å². The third-order valence-electron chi connectivity index (χ3n) is 2.76. The molecule has 0 amide bonds. The summed E-state index contributed by atoms with van der Waals surface area (Å²) in [5.41, 5.74) is 3.00. The molecule has 0 aromatic carbocycles. The van der Waals surface area contributed by atoms with E-state index in [1.54, 1.807) is 5.46 Å². The molecule has 1 aromatic rings. The molecular weight excluding hydrogens is 151 g/mol. The molecule has 64 valence electrons. The van der Waals surface area contributed by atoms with Crippen molar-refractivity contribution in [3.8, 4) is 0 Å². The van der Waals surface area contributed by atoms with Crippen LogP contribution in [0, 0.1) is 6.92 Å². The summed E-state index contributed by atoms with van der Waals surface area (Å²) in [6.45, 7) is 15.5. The zero-order chi connectivity index (χ0) is 9.68. The Bertz CT molecular complexity index is 262. The quantitative estimate of drug-likeness (QED) is 0.640. The van der Waals surface area contributed by atoms with Crippen LogP contribution in [0.3, 0.4) is 0 Å². The van der Waals surface area contributed by atoms with E-state index in [9.17, 15) is 0 Å². The van der Waals surface area contributed by atoms with E-state index in [1.165, 1.54) is 24.7 Å². The first-order valence-electron chi connectivity index (χ1n) is 5.35. The van der Waals surface area contributed by atoms with E-state index in [0.29, 0.717) is 0 Å². The normalized spacial score (nSPS) is 11.6. The van der Waals surface area contributed by atoms with Crippen molar-refractivity contribution in [1.29, 1.82) is 0 Å². The minimum absolute atomic E-state index is 0.770. The van der Waals surface area contributed by atoms with Crippen molar-refractivity contribution < 1.29 is 0 Å². The summed E-state index contributed by atoms with van der Waals surface area (Å²) in [7, 11) is 0. The second-order valence-corrected chi connectivity index (χ2v) is 3.75. The Morgan fingerprint density at radius 3 is 2.38 bits per heavy atom. The van der Waals surface area contributed by atoms with Crippen LogP contribution in [0.25, 0.3) is 0 Å². The Balaban J connectivity index is 2.84. The van der Waals surface area contributed by atoms with Gasteiger partial charge in [0.2, 0.25) is 0 Å². The van der Waals surface area contributed by atoms with Gasteiger partial charge in [0.05, 0.1) is 0 Å². The first kappa shape index (κ1) is 11.1. The van der Waals surface area contributed by atoms with Crippen molar-refractivity contribution in [2.45, 2.75) is 46.0 Å². The molecule has 0 bridgehead atoms. The summed E-state index contributed by atoms with van der Waals surface area (Å²) in [5, 5.41) is 0. The van der Waals surface area contributed by atoms with Crippen molar-refractivity contribution in [2.75, 3.05) is 0 Å². The number of hydrogen-bond donors (Lipinski definition) is 0. The molecule has 0 spiro atoms. The fourth-order valence-electron chi connectivity index (χ4n) is 1.97. The molecule has 0 radical (unpaired) electrons. The molecule has 1 aromatic heterocycles. The first-order valence-corrected chi connectivity index (χ1v) is 5.35. The van der Waals surface area contributed by atoms with Gasteiger partial charge < -0.3 is 0 Å². The van der Waals surface area contributed by atoms with Crippen molar-refractivity contribution in [1.82, 2.24) is 0 Å². The number of aryl methyl sites for hydroxylation is 1. The average Bonchev–Trinajstić information content (AvgIpc) is 2.16. The van der Waals surface area contributed by atoms with E-state index >= 15 is 0 Å². The van der Waals surface area contributed by atoms with Crippen molar-refractivity contribution >= 4 is 27.0 Å². The second kappa shape index (κ2) is 5.67. The van der Waals surface area contributed by atoms with Crippen LogP contribution in [0.2, 0.25) is 0 Å². The summed E-state index contributed by atoms with van der Waals surface area (Å²) >= 11 is 0. The molecule has 1 unspecified atom stereocenters. The molecule has 1 heterocycles. The molecule has 0 N–H and O–H groups in total. The van der Waals surface area contributed by atoms with E-state index in [-0.39, 0.29) is 0 Å². The van der Waals surface area contributed by atoms with Crippen LogP contribution in [0.5, 0.6) is 0 Å². The van der Waals surface area contributed by atoms with Crippen LogP contribution in [-0.2, 0) is 0 Å². The summed E-state index contributed by atoms with van der Waals surface area (Å²) in [5.74, 6) is 0.770. The standard InChI is InChI=1S/C9H16B4/c1-4-6-8(5-2)9-7(3)10-12-13-11-9/h8H,4-6H2,1-3H3. The zero-order valence-corrected chi connectivity index (χ0v) is 9.01. The Kier molecular flexibility index (Phi) is 4.83. The van der Waals surface area contributed by atoms with Crippen molar-refractivity contribution in [2.24, 2.45) is 0 Å². The molecule has 0 aliphatic rings. The third kappa shape index (κ3) is 3.00. The molecule has 1 rings (SSSR count). The van der Waals surface area contributed by atoms with Crippen LogP contribution in [0.15, 0.2) is 0 Å². The Morgan fingerprint density at radius 2 is 1.85 bits per heavy atom. The Hall–Kier alpha value is -0.000260. The third-order valence-corrected chi connectivity index (χ3v) is 2.76. The zero-order valence-electron chi connectivity index (χ0n) is 9.01. The Labute approximate surface area is 84.3 Å².